The number of likely N-dealkylation sites (tertiary alicyclic amines) is 1. The van der Waals surface area contributed by atoms with Crippen LogP contribution in [0.25, 0.3) is 0 Å². The second-order valence-corrected chi connectivity index (χ2v) is 8.64. The van der Waals surface area contributed by atoms with Crippen molar-refractivity contribution in [3.05, 3.63) is 45.9 Å². The Morgan fingerprint density at radius 1 is 1.30 bits per heavy atom. The number of hydrogen-bond donors (Lipinski definition) is 1. The van der Waals surface area contributed by atoms with Gasteiger partial charge in [-0.2, -0.15) is 0 Å². The predicted octanol–water partition coefficient (Wildman–Crippen LogP) is 4.00. The molecule has 4 rings (SSSR count). The molecule has 1 aromatic carbocycles. The van der Waals surface area contributed by atoms with Gasteiger partial charge in [0.1, 0.15) is 5.01 Å². The van der Waals surface area contributed by atoms with E-state index in [0.29, 0.717) is 5.92 Å². The molecule has 0 saturated carbocycles. The maximum Gasteiger partial charge on any atom is 0.317 e. The van der Waals surface area contributed by atoms with E-state index in [9.17, 15) is 4.79 Å². The van der Waals surface area contributed by atoms with E-state index in [1.165, 1.54) is 11.3 Å². The number of nitrogens with one attached hydrogen (secondary N) is 1. The summed E-state index contributed by atoms with van der Waals surface area (Å²) in [5, 5.41) is 6.11. The van der Waals surface area contributed by atoms with E-state index in [1.807, 2.05) is 24.1 Å². The molecule has 3 heterocycles. The highest BCUT2D eigenvalue weighted by molar-refractivity contribution is 7.09. The van der Waals surface area contributed by atoms with Crippen LogP contribution in [0.5, 0.6) is 0 Å². The molecule has 144 valence electrons. The molecule has 27 heavy (non-hydrogen) atoms. The van der Waals surface area contributed by atoms with Gasteiger partial charge in [0.2, 0.25) is 0 Å². The van der Waals surface area contributed by atoms with Gasteiger partial charge in [0.15, 0.2) is 0 Å². The summed E-state index contributed by atoms with van der Waals surface area (Å²) in [5.41, 5.74) is 3.89. The van der Waals surface area contributed by atoms with Gasteiger partial charge in [-0.15, -0.1) is 11.3 Å². The molecular weight excluding hydrogens is 356 g/mol. The number of urea groups is 1. The molecule has 2 amide bonds. The first-order valence-electron chi connectivity index (χ1n) is 9.90. The van der Waals surface area contributed by atoms with Gasteiger partial charge >= 0.3 is 6.03 Å². The number of piperidine rings is 1. The van der Waals surface area contributed by atoms with Gasteiger partial charge in [-0.3, -0.25) is 0 Å². The summed E-state index contributed by atoms with van der Waals surface area (Å²) in [5.74, 6) is 0.666. The van der Waals surface area contributed by atoms with Gasteiger partial charge in [0.25, 0.3) is 0 Å². The topological polar surface area (TPSA) is 48.5 Å². The first kappa shape index (κ1) is 18.3. The quantitative estimate of drug-likeness (QED) is 0.867. The zero-order chi connectivity index (χ0) is 18.8. The fourth-order valence-corrected chi connectivity index (χ4v) is 4.94. The largest absolute Gasteiger partial charge is 0.371 e. The van der Waals surface area contributed by atoms with Crippen LogP contribution in [0.1, 0.15) is 42.1 Å². The molecule has 1 aromatic heterocycles. The van der Waals surface area contributed by atoms with Crippen LogP contribution in [0.15, 0.2) is 29.6 Å². The van der Waals surface area contributed by atoms with Crippen LogP contribution in [0.3, 0.4) is 0 Å². The van der Waals surface area contributed by atoms with Crippen molar-refractivity contribution >= 4 is 23.1 Å². The Hall–Kier alpha value is -2.08. The van der Waals surface area contributed by atoms with E-state index < -0.39 is 0 Å². The smallest absolute Gasteiger partial charge is 0.317 e. The van der Waals surface area contributed by atoms with E-state index in [1.54, 1.807) is 11.3 Å². The number of amides is 2. The highest BCUT2D eigenvalue weighted by Gasteiger charge is 2.27. The van der Waals surface area contributed by atoms with E-state index >= 15 is 0 Å². The average molecular weight is 385 g/mol. The van der Waals surface area contributed by atoms with Crippen molar-refractivity contribution in [1.82, 2.24) is 15.2 Å². The fraction of sp³-hybridized carbons (Fsp3) is 0.524. The number of para-hydroxylation sites is 1. The number of benzene rings is 1. The lowest BCUT2D eigenvalue weighted by Crippen LogP contribution is -2.46. The number of hydrogen-bond acceptors (Lipinski definition) is 4. The standard InChI is InChI=1S/C21H28N4OS/c1-15-14-27-20(22-15)16(2)23-21(26)24-10-7-17(8-11-24)13-25-12-9-18-5-3-4-6-19(18)25/h3-6,14,16-17H,7-13H2,1-2H3,(H,23,26). The first-order chi connectivity index (χ1) is 13.1. The number of aromatic nitrogens is 1. The SMILES string of the molecule is Cc1csc(C(C)NC(=O)N2CCC(CN3CCc4ccccc43)CC2)n1. The van der Waals surface area contributed by atoms with Gasteiger partial charge in [-0.1, -0.05) is 18.2 Å². The maximum atomic E-state index is 12.6. The highest BCUT2D eigenvalue weighted by Crippen LogP contribution is 2.30. The normalized spacial score (nSPS) is 18.4. The first-order valence-corrected chi connectivity index (χ1v) is 10.8. The Morgan fingerprint density at radius 2 is 2.07 bits per heavy atom. The number of thiazole rings is 1. The zero-order valence-corrected chi connectivity index (χ0v) is 17.0. The molecule has 1 unspecified atom stereocenters. The van der Waals surface area contributed by atoms with Crippen molar-refractivity contribution in [2.24, 2.45) is 5.92 Å². The molecule has 1 saturated heterocycles. The van der Waals surface area contributed by atoms with Gasteiger partial charge in [0.05, 0.1) is 6.04 Å². The van der Waals surface area contributed by atoms with Gasteiger partial charge in [-0.25, -0.2) is 9.78 Å². The summed E-state index contributed by atoms with van der Waals surface area (Å²) < 4.78 is 0. The van der Waals surface area contributed by atoms with E-state index in [4.69, 9.17) is 0 Å². The number of anilines is 1. The van der Waals surface area contributed by atoms with Crippen molar-refractivity contribution in [3.63, 3.8) is 0 Å². The predicted molar refractivity (Wildman–Crippen MR) is 110 cm³/mol. The molecule has 1 fully saturated rings. The Kier molecular flexibility index (Phi) is 5.34. The molecule has 2 aliphatic heterocycles. The van der Waals surface area contributed by atoms with Crippen LogP contribution in [0, 0.1) is 12.8 Å². The molecule has 0 aliphatic carbocycles. The molecule has 0 spiro atoms. The molecule has 1 N–H and O–H groups in total. The minimum absolute atomic E-state index is 0.0324. The van der Waals surface area contributed by atoms with Crippen molar-refractivity contribution in [2.45, 2.75) is 39.2 Å². The summed E-state index contributed by atoms with van der Waals surface area (Å²) in [7, 11) is 0. The third-order valence-corrected chi connectivity index (χ3v) is 6.86. The number of carbonyl (C=O) groups excluding carboxylic acids is 1. The highest BCUT2D eigenvalue weighted by atomic mass is 32.1. The molecule has 0 radical (unpaired) electrons. The fourth-order valence-electron chi connectivity index (χ4n) is 4.14. The van der Waals surface area contributed by atoms with Crippen LogP contribution in [0.4, 0.5) is 10.5 Å². The Labute approximate surface area is 165 Å². The second-order valence-electron chi connectivity index (χ2n) is 7.75. The molecule has 2 aliphatic rings. The third kappa shape index (κ3) is 4.10. The van der Waals surface area contributed by atoms with Crippen LogP contribution < -0.4 is 10.2 Å². The lowest BCUT2D eigenvalue weighted by Gasteiger charge is -2.35. The molecule has 2 aromatic rings. The third-order valence-electron chi connectivity index (χ3n) is 5.71. The lowest BCUT2D eigenvalue weighted by atomic mass is 9.96. The van der Waals surface area contributed by atoms with Crippen LogP contribution in [0.2, 0.25) is 0 Å². The van der Waals surface area contributed by atoms with Crippen molar-refractivity contribution in [1.29, 1.82) is 0 Å². The average Bonchev–Trinajstić information content (AvgIpc) is 3.29. The Morgan fingerprint density at radius 3 is 2.81 bits per heavy atom. The van der Waals surface area contributed by atoms with E-state index in [2.05, 4.69) is 39.5 Å². The Balaban J connectivity index is 1.26. The van der Waals surface area contributed by atoms with Gasteiger partial charge < -0.3 is 15.1 Å². The molecule has 1 atom stereocenters. The number of carbonyl (C=O) groups is 1. The zero-order valence-electron chi connectivity index (χ0n) is 16.1. The summed E-state index contributed by atoms with van der Waals surface area (Å²) in [6.45, 7) is 7.92. The van der Waals surface area contributed by atoms with Crippen LogP contribution in [-0.2, 0) is 6.42 Å². The van der Waals surface area contributed by atoms with Crippen molar-refractivity contribution in [3.8, 4) is 0 Å². The molecule has 5 nitrogen and oxygen atoms in total. The molecule has 0 bridgehead atoms. The summed E-state index contributed by atoms with van der Waals surface area (Å²) in [4.78, 5) is 21.6. The number of rotatable bonds is 4. The van der Waals surface area contributed by atoms with Crippen molar-refractivity contribution < 1.29 is 4.79 Å². The van der Waals surface area contributed by atoms with Gasteiger partial charge in [-0.05, 0) is 50.7 Å². The number of aryl methyl sites for hydroxylation is 1. The van der Waals surface area contributed by atoms with E-state index in [-0.39, 0.29) is 12.1 Å². The monoisotopic (exact) mass is 384 g/mol. The summed E-state index contributed by atoms with van der Waals surface area (Å²) >= 11 is 1.61. The van der Waals surface area contributed by atoms with Gasteiger partial charge in [0, 0.05) is 42.9 Å². The van der Waals surface area contributed by atoms with Crippen LogP contribution >= 0.6 is 11.3 Å². The number of nitrogens with zero attached hydrogens (tertiary/aromatic N) is 3. The molecule has 6 heteroatoms. The number of fused-ring (bicyclic) bond motifs is 1. The lowest BCUT2D eigenvalue weighted by molar-refractivity contribution is 0.168. The minimum atomic E-state index is -0.0324. The summed E-state index contributed by atoms with van der Waals surface area (Å²) in [6, 6.07) is 8.76. The maximum absolute atomic E-state index is 12.6. The van der Waals surface area contributed by atoms with Crippen LogP contribution in [-0.4, -0.2) is 42.1 Å². The summed E-state index contributed by atoms with van der Waals surface area (Å²) in [6.07, 6.45) is 3.32. The Bertz CT molecular complexity index is 797. The second kappa shape index (κ2) is 7.89. The minimum Gasteiger partial charge on any atom is -0.371 e. The molecular formula is C21H28N4OS. The van der Waals surface area contributed by atoms with Crippen molar-refractivity contribution in [2.75, 3.05) is 31.1 Å². The van der Waals surface area contributed by atoms with E-state index in [0.717, 1.165) is 56.1 Å².